The van der Waals surface area contributed by atoms with Crippen molar-refractivity contribution in [3.8, 4) is 5.69 Å². The Kier molecular flexibility index (Phi) is 2.87. The number of hydrogen-bond acceptors (Lipinski definition) is 2. The number of rotatable bonds is 4. The molecule has 3 rings (SSSR count). The molecule has 2 aromatic rings. The van der Waals surface area contributed by atoms with Crippen molar-refractivity contribution in [2.75, 3.05) is 0 Å². The van der Waals surface area contributed by atoms with Crippen LogP contribution in [-0.2, 0) is 6.54 Å². The predicted molar refractivity (Wildman–Crippen MR) is 68.4 cm³/mol. The van der Waals surface area contributed by atoms with E-state index in [0.29, 0.717) is 6.04 Å². The van der Waals surface area contributed by atoms with Crippen LogP contribution >= 0.6 is 11.6 Å². The monoisotopic (exact) mass is 247 g/mol. The molecule has 0 atom stereocenters. The maximum atomic E-state index is 6.27. The summed E-state index contributed by atoms with van der Waals surface area (Å²) in [6.07, 6.45) is 6.26. The van der Waals surface area contributed by atoms with E-state index in [1.54, 1.807) is 6.20 Å². The van der Waals surface area contributed by atoms with Crippen LogP contribution in [-0.4, -0.2) is 15.8 Å². The summed E-state index contributed by atoms with van der Waals surface area (Å²) < 4.78 is 1.81. The van der Waals surface area contributed by atoms with Crippen molar-refractivity contribution in [3.05, 3.63) is 47.2 Å². The number of hydrogen-bond donors (Lipinski definition) is 1. The van der Waals surface area contributed by atoms with Crippen LogP contribution in [0.2, 0.25) is 5.02 Å². The average molecular weight is 248 g/mol. The lowest BCUT2D eigenvalue weighted by Gasteiger charge is -2.08. The van der Waals surface area contributed by atoms with Gasteiger partial charge < -0.3 is 5.32 Å². The van der Waals surface area contributed by atoms with Crippen LogP contribution in [0.3, 0.4) is 0 Å². The zero-order valence-corrected chi connectivity index (χ0v) is 10.2. The van der Waals surface area contributed by atoms with E-state index >= 15 is 0 Å². The minimum atomic E-state index is 0.705. The van der Waals surface area contributed by atoms with Crippen molar-refractivity contribution in [1.82, 2.24) is 15.1 Å². The summed E-state index contributed by atoms with van der Waals surface area (Å²) in [5, 5.41) is 8.44. The van der Waals surface area contributed by atoms with Gasteiger partial charge in [-0.2, -0.15) is 5.10 Å². The van der Waals surface area contributed by atoms with Gasteiger partial charge in [0.15, 0.2) is 0 Å². The fourth-order valence-corrected chi connectivity index (χ4v) is 2.03. The molecule has 0 spiro atoms. The summed E-state index contributed by atoms with van der Waals surface area (Å²) in [7, 11) is 0. The van der Waals surface area contributed by atoms with E-state index in [1.807, 2.05) is 29.1 Å². The van der Waals surface area contributed by atoms with Gasteiger partial charge in [-0.3, -0.25) is 0 Å². The highest BCUT2D eigenvalue weighted by atomic mass is 35.5. The predicted octanol–water partition coefficient (Wildman–Crippen LogP) is 2.78. The molecule has 88 valence electrons. The van der Waals surface area contributed by atoms with Gasteiger partial charge in [0.1, 0.15) is 0 Å². The van der Waals surface area contributed by atoms with E-state index in [9.17, 15) is 0 Å². The highest BCUT2D eigenvalue weighted by Crippen LogP contribution is 2.23. The molecule has 1 heterocycles. The Hall–Kier alpha value is -1.32. The van der Waals surface area contributed by atoms with Crippen LogP contribution in [0.1, 0.15) is 18.4 Å². The Bertz CT molecular complexity index is 503. The smallest absolute Gasteiger partial charge is 0.0660 e. The third kappa shape index (κ3) is 2.51. The Balaban J connectivity index is 1.78. The fraction of sp³-hybridized carbons (Fsp3) is 0.308. The molecule has 1 fully saturated rings. The first-order valence-corrected chi connectivity index (χ1v) is 6.22. The van der Waals surface area contributed by atoms with E-state index in [2.05, 4.69) is 16.5 Å². The molecule has 1 aromatic carbocycles. The summed E-state index contributed by atoms with van der Waals surface area (Å²) in [6, 6.07) is 8.67. The van der Waals surface area contributed by atoms with Crippen LogP contribution in [0.5, 0.6) is 0 Å². The molecule has 1 aromatic heterocycles. The second-order valence-corrected chi connectivity index (χ2v) is 4.79. The van der Waals surface area contributed by atoms with Crippen molar-refractivity contribution in [3.63, 3.8) is 0 Å². The maximum Gasteiger partial charge on any atom is 0.0660 e. The van der Waals surface area contributed by atoms with Gasteiger partial charge in [0, 0.05) is 30.0 Å². The Labute approximate surface area is 105 Å². The molecular weight excluding hydrogens is 234 g/mol. The highest BCUT2D eigenvalue weighted by molar-refractivity contribution is 6.31. The number of aromatic nitrogens is 2. The third-order valence-electron chi connectivity index (χ3n) is 2.96. The molecule has 0 amide bonds. The summed E-state index contributed by atoms with van der Waals surface area (Å²) in [5.74, 6) is 0. The second-order valence-electron chi connectivity index (χ2n) is 4.38. The van der Waals surface area contributed by atoms with Gasteiger partial charge >= 0.3 is 0 Å². The Morgan fingerprint density at radius 3 is 2.94 bits per heavy atom. The largest absolute Gasteiger partial charge is 0.310 e. The molecule has 0 bridgehead atoms. The van der Waals surface area contributed by atoms with Crippen LogP contribution in [0.15, 0.2) is 36.7 Å². The van der Waals surface area contributed by atoms with Gasteiger partial charge in [0.05, 0.1) is 5.69 Å². The van der Waals surface area contributed by atoms with Crippen LogP contribution in [0.25, 0.3) is 5.69 Å². The van der Waals surface area contributed by atoms with E-state index in [0.717, 1.165) is 22.8 Å². The molecule has 1 saturated carbocycles. The molecule has 4 heteroatoms. The van der Waals surface area contributed by atoms with Gasteiger partial charge in [-0.15, -0.1) is 0 Å². The average Bonchev–Trinajstić information content (AvgIpc) is 3.00. The molecule has 0 saturated heterocycles. The topological polar surface area (TPSA) is 29.9 Å². The lowest BCUT2D eigenvalue weighted by Crippen LogP contribution is -2.15. The molecule has 0 unspecified atom stereocenters. The molecule has 1 N–H and O–H groups in total. The quantitative estimate of drug-likeness (QED) is 0.901. The molecule has 1 aliphatic carbocycles. The molecule has 0 radical (unpaired) electrons. The third-order valence-corrected chi connectivity index (χ3v) is 3.32. The van der Waals surface area contributed by atoms with E-state index < -0.39 is 0 Å². The first kappa shape index (κ1) is 10.8. The van der Waals surface area contributed by atoms with Gasteiger partial charge in [0.25, 0.3) is 0 Å². The summed E-state index contributed by atoms with van der Waals surface area (Å²) >= 11 is 6.27. The van der Waals surface area contributed by atoms with Crippen LogP contribution < -0.4 is 5.32 Å². The van der Waals surface area contributed by atoms with Crippen molar-refractivity contribution in [1.29, 1.82) is 0 Å². The maximum absolute atomic E-state index is 6.27. The second kappa shape index (κ2) is 4.51. The first-order valence-electron chi connectivity index (χ1n) is 5.85. The highest BCUT2D eigenvalue weighted by Gasteiger charge is 2.20. The number of halogens is 1. The van der Waals surface area contributed by atoms with Gasteiger partial charge in [-0.25, -0.2) is 4.68 Å². The first-order chi connectivity index (χ1) is 8.33. The standard InChI is InChI=1S/C13H14ClN3/c14-13-8-12(17-7-1-6-16-17)5-2-10(13)9-15-11-3-4-11/h1-2,5-8,11,15H,3-4,9H2. The lowest BCUT2D eigenvalue weighted by molar-refractivity contribution is 0.687. The van der Waals surface area contributed by atoms with Crippen molar-refractivity contribution in [2.45, 2.75) is 25.4 Å². The molecule has 1 aliphatic rings. The van der Waals surface area contributed by atoms with Gasteiger partial charge in [-0.05, 0) is 36.6 Å². The zero-order chi connectivity index (χ0) is 11.7. The number of benzene rings is 1. The van der Waals surface area contributed by atoms with E-state index in [-0.39, 0.29) is 0 Å². The van der Waals surface area contributed by atoms with Crippen molar-refractivity contribution in [2.24, 2.45) is 0 Å². The van der Waals surface area contributed by atoms with Crippen molar-refractivity contribution < 1.29 is 0 Å². The minimum absolute atomic E-state index is 0.705. The summed E-state index contributed by atoms with van der Waals surface area (Å²) in [5.41, 5.74) is 2.14. The normalized spacial score (nSPS) is 15.1. The summed E-state index contributed by atoms with van der Waals surface area (Å²) in [4.78, 5) is 0. The summed E-state index contributed by atoms with van der Waals surface area (Å²) in [6.45, 7) is 0.850. The molecule has 3 nitrogen and oxygen atoms in total. The zero-order valence-electron chi connectivity index (χ0n) is 9.44. The Morgan fingerprint density at radius 1 is 1.41 bits per heavy atom. The fourth-order valence-electron chi connectivity index (χ4n) is 1.79. The van der Waals surface area contributed by atoms with Crippen LogP contribution in [0.4, 0.5) is 0 Å². The van der Waals surface area contributed by atoms with Crippen LogP contribution in [0, 0.1) is 0 Å². The molecule has 0 aliphatic heterocycles. The lowest BCUT2D eigenvalue weighted by atomic mass is 10.2. The van der Waals surface area contributed by atoms with Gasteiger partial charge in [-0.1, -0.05) is 17.7 Å². The number of nitrogens with one attached hydrogen (secondary N) is 1. The number of nitrogens with zero attached hydrogens (tertiary/aromatic N) is 2. The van der Waals surface area contributed by atoms with Crippen molar-refractivity contribution >= 4 is 11.6 Å². The van der Waals surface area contributed by atoms with E-state index in [1.165, 1.54) is 12.8 Å². The van der Waals surface area contributed by atoms with Gasteiger partial charge in [0.2, 0.25) is 0 Å². The van der Waals surface area contributed by atoms with E-state index in [4.69, 9.17) is 11.6 Å². The molecule has 17 heavy (non-hydrogen) atoms. The Morgan fingerprint density at radius 2 is 2.29 bits per heavy atom. The SMILES string of the molecule is Clc1cc(-n2cccn2)ccc1CNC1CC1. The minimum Gasteiger partial charge on any atom is -0.310 e. The molecular formula is C13H14ClN3.